The molecular weight excluding hydrogens is 301 g/mol. The SMILES string of the molecule is O=C(O)CCN(CC1CCCO1)C(=O)C=Cc1ccccc1F. The van der Waals surface area contributed by atoms with Crippen molar-refractivity contribution >= 4 is 18.0 Å². The van der Waals surface area contributed by atoms with E-state index in [4.69, 9.17) is 9.84 Å². The minimum absolute atomic E-state index is 0.0605. The molecule has 0 aromatic heterocycles. The van der Waals surface area contributed by atoms with E-state index < -0.39 is 11.8 Å². The Morgan fingerprint density at radius 1 is 1.39 bits per heavy atom. The van der Waals surface area contributed by atoms with E-state index in [0.717, 1.165) is 12.8 Å². The summed E-state index contributed by atoms with van der Waals surface area (Å²) in [5.41, 5.74) is 0.316. The number of ether oxygens (including phenoxy) is 1. The van der Waals surface area contributed by atoms with Crippen LogP contribution in [0.4, 0.5) is 4.39 Å². The number of halogens is 1. The molecular formula is C17H20FNO4. The van der Waals surface area contributed by atoms with Crippen LogP contribution in [0.3, 0.4) is 0 Å². The molecule has 2 rings (SSSR count). The third kappa shape index (κ3) is 5.49. The summed E-state index contributed by atoms with van der Waals surface area (Å²) in [7, 11) is 0. The average Bonchev–Trinajstić information content (AvgIpc) is 3.03. The lowest BCUT2D eigenvalue weighted by molar-refractivity contribution is -0.138. The maximum Gasteiger partial charge on any atom is 0.305 e. The summed E-state index contributed by atoms with van der Waals surface area (Å²) in [4.78, 5) is 24.5. The topological polar surface area (TPSA) is 66.8 Å². The number of amides is 1. The highest BCUT2D eigenvalue weighted by atomic mass is 19.1. The van der Waals surface area contributed by atoms with Gasteiger partial charge in [0.2, 0.25) is 5.91 Å². The van der Waals surface area contributed by atoms with Gasteiger partial charge in [0.15, 0.2) is 0 Å². The number of aliphatic carboxylic acids is 1. The Morgan fingerprint density at radius 2 is 2.17 bits per heavy atom. The molecule has 1 amide bonds. The molecule has 1 aromatic rings. The van der Waals surface area contributed by atoms with Crippen molar-refractivity contribution in [2.75, 3.05) is 19.7 Å². The zero-order valence-corrected chi connectivity index (χ0v) is 12.8. The first kappa shape index (κ1) is 17.1. The summed E-state index contributed by atoms with van der Waals surface area (Å²) >= 11 is 0. The van der Waals surface area contributed by atoms with Crippen LogP contribution in [0, 0.1) is 5.82 Å². The second-order valence-corrected chi connectivity index (χ2v) is 5.42. The van der Waals surface area contributed by atoms with Crippen LogP contribution < -0.4 is 0 Å². The van der Waals surface area contributed by atoms with Crippen molar-refractivity contribution in [1.82, 2.24) is 4.90 Å². The molecule has 1 fully saturated rings. The molecule has 1 heterocycles. The first-order valence-electron chi connectivity index (χ1n) is 7.61. The van der Waals surface area contributed by atoms with Gasteiger partial charge in [0, 0.05) is 31.3 Å². The molecule has 0 aliphatic carbocycles. The van der Waals surface area contributed by atoms with E-state index in [1.165, 1.54) is 23.1 Å². The minimum Gasteiger partial charge on any atom is -0.481 e. The molecule has 5 nitrogen and oxygen atoms in total. The van der Waals surface area contributed by atoms with Crippen molar-refractivity contribution in [1.29, 1.82) is 0 Å². The summed E-state index contributed by atoms with van der Waals surface area (Å²) in [6.07, 6.45) is 4.28. The van der Waals surface area contributed by atoms with Gasteiger partial charge in [-0.25, -0.2) is 4.39 Å². The van der Waals surface area contributed by atoms with Crippen LogP contribution >= 0.6 is 0 Å². The maximum absolute atomic E-state index is 13.5. The lowest BCUT2D eigenvalue weighted by atomic mass is 10.2. The Labute approximate surface area is 134 Å². The molecule has 1 unspecified atom stereocenters. The fourth-order valence-corrected chi connectivity index (χ4v) is 2.43. The van der Waals surface area contributed by atoms with E-state index >= 15 is 0 Å². The molecule has 0 saturated carbocycles. The van der Waals surface area contributed by atoms with E-state index in [-0.39, 0.29) is 25.0 Å². The Morgan fingerprint density at radius 3 is 2.83 bits per heavy atom. The van der Waals surface area contributed by atoms with Crippen molar-refractivity contribution in [2.45, 2.75) is 25.4 Å². The molecule has 23 heavy (non-hydrogen) atoms. The monoisotopic (exact) mass is 321 g/mol. The lowest BCUT2D eigenvalue weighted by Gasteiger charge is -2.23. The first-order valence-corrected chi connectivity index (χ1v) is 7.61. The molecule has 6 heteroatoms. The smallest absolute Gasteiger partial charge is 0.305 e. The van der Waals surface area contributed by atoms with E-state index in [1.807, 2.05) is 0 Å². The Balaban J connectivity index is 2.02. The van der Waals surface area contributed by atoms with Gasteiger partial charge in [0.05, 0.1) is 12.5 Å². The van der Waals surface area contributed by atoms with Gasteiger partial charge in [-0.1, -0.05) is 18.2 Å². The molecule has 1 atom stereocenters. The van der Waals surface area contributed by atoms with Gasteiger partial charge in [-0.15, -0.1) is 0 Å². The van der Waals surface area contributed by atoms with Crippen LogP contribution in [0.5, 0.6) is 0 Å². The highest BCUT2D eigenvalue weighted by Crippen LogP contribution is 2.14. The standard InChI is InChI=1S/C17H20FNO4/c18-15-6-2-1-4-13(15)7-8-16(20)19(10-9-17(21)22)12-14-5-3-11-23-14/h1-2,4,6-8,14H,3,5,9-12H2,(H,21,22). The van der Waals surface area contributed by atoms with Gasteiger partial charge in [-0.2, -0.15) is 0 Å². The van der Waals surface area contributed by atoms with Crippen molar-refractivity contribution in [2.24, 2.45) is 0 Å². The number of carboxylic acids is 1. The van der Waals surface area contributed by atoms with E-state index in [1.54, 1.807) is 18.2 Å². The van der Waals surface area contributed by atoms with Crippen LogP contribution in [0.2, 0.25) is 0 Å². The maximum atomic E-state index is 13.5. The molecule has 1 N–H and O–H groups in total. The normalized spacial score (nSPS) is 17.5. The van der Waals surface area contributed by atoms with Gasteiger partial charge in [-0.05, 0) is 25.0 Å². The van der Waals surface area contributed by atoms with Gasteiger partial charge in [0.1, 0.15) is 5.82 Å². The minimum atomic E-state index is -0.965. The highest BCUT2D eigenvalue weighted by Gasteiger charge is 2.22. The molecule has 124 valence electrons. The Hall–Kier alpha value is -2.21. The number of hydrogen-bond acceptors (Lipinski definition) is 3. The van der Waals surface area contributed by atoms with E-state index in [9.17, 15) is 14.0 Å². The van der Waals surface area contributed by atoms with Gasteiger partial charge in [-0.3, -0.25) is 9.59 Å². The molecule has 0 bridgehead atoms. The fraction of sp³-hybridized carbons (Fsp3) is 0.412. The van der Waals surface area contributed by atoms with Crippen molar-refractivity contribution in [3.63, 3.8) is 0 Å². The largest absolute Gasteiger partial charge is 0.481 e. The van der Waals surface area contributed by atoms with Crippen LogP contribution in [0.1, 0.15) is 24.8 Å². The summed E-state index contributed by atoms with van der Waals surface area (Å²) < 4.78 is 19.0. The number of nitrogens with zero attached hydrogens (tertiary/aromatic N) is 1. The number of carboxylic acid groups (broad SMARTS) is 1. The van der Waals surface area contributed by atoms with Gasteiger partial charge >= 0.3 is 5.97 Å². The number of hydrogen-bond donors (Lipinski definition) is 1. The van der Waals surface area contributed by atoms with Crippen LogP contribution in [0.25, 0.3) is 6.08 Å². The molecule has 0 radical (unpaired) electrons. The van der Waals surface area contributed by atoms with Gasteiger partial charge < -0.3 is 14.7 Å². The number of carbonyl (C=O) groups is 2. The van der Waals surface area contributed by atoms with Crippen LogP contribution in [0.15, 0.2) is 30.3 Å². The molecule has 1 saturated heterocycles. The quantitative estimate of drug-likeness (QED) is 0.783. The molecule has 1 aliphatic rings. The Kier molecular flexibility index (Phi) is 6.29. The summed E-state index contributed by atoms with van der Waals surface area (Å²) in [5.74, 6) is -1.72. The van der Waals surface area contributed by atoms with Gasteiger partial charge in [0.25, 0.3) is 0 Å². The third-order valence-corrected chi connectivity index (χ3v) is 3.67. The Bertz CT molecular complexity index is 582. The number of benzene rings is 1. The zero-order chi connectivity index (χ0) is 16.7. The summed E-state index contributed by atoms with van der Waals surface area (Å²) in [6, 6.07) is 6.15. The fourth-order valence-electron chi connectivity index (χ4n) is 2.43. The van der Waals surface area contributed by atoms with Crippen LogP contribution in [-0.4, -0.2) is 47.7 Å². The molecule has 1 aromatic carbocycles. The average molecular weight is 321 g/mol. The first-order chi connectivity index (χ1) is 11.1. The van der Waals surface area contributed by atoms with Crippen molar-refractivity contribution in [3.05, 3.63) is 41.7 Å². The van der Waals surface area contributed by atoms with Crippen LogP contribution in [-0.2, 0) is 14.3 Å². The second-order valence-electron chi connectivity index (χ2n) is 5.42. The van der Waals surface area contributed by atoms with Crippen molar-refractivity contribution < 1.29 is 23.8 Å². The van der Waals surface area contributed by atoms with E-state index in [2.05, 4.69) is 0 Å². The van der Waals surface area contributed by atoms with Crippen molar-refractivity contribution in [3.8, 4) is 0 Å². The number of carbonyl (C=O) groups excluding carboxylic acids is 1. The molecule has 0 spiro atoms. The lowest BCUT2D eigenvalue weighted by Crippen LogP contribution is -2.37. The second kappa shape index (κ2) is 8.43. The van der Waals surface area contributed by atoms with E-state index in [0.29, 0.717) is 18.7 Å². The highest BCUT2D eigenvalue weighted by molar-refractivity contribution is 5.92. The third-order valence-electron chi connectivity index (χ3n) is 3.67. The molecule has 1 aliphatic heterocycles. The zero-order valence-electron chi connectivity index (χ0n) is 12.8. The summed E-state index contributed by atoms with van der Waals surface area (Å²) in [6.45, 7) is 1.13. The number of rotatable bonds is 7. The predicted molar refractivity (Wildman–Crippen MR) is 83.2 cm³/mol. The predicted octanol–water partition coefficient (Wildman–Crippen LogP) is 2.32. The summed E-state index contributed by atoms with van der Waals surface area (Å²) in [5, 5.41) is 8.81.